The Morgan fingerprint density at radius 1 is 1.25 bits per heavy atom. The Morgan fingerprint density at radius 3 is 2.57 bits per heavy atom. The number of amides is 1. The maximum absolute atomic E-state index is 13.3. The summed E-state index contributed by atoms with van der Waals surface area (Å²) in [5, 5.41) is 3.39. The first kappa shape index (κ1) is 21.1. The van der Waals surface area contributed by atoms with Gasteiger partial charge in [-0.3, -0.25) is 9.69 Å². The second-order valence-electron chi connectivity index (χ2n) is 8.30. The van der Waals surface area contributed by atoms with Gasteiger partial charge in [0.1, 0.15) is 0 Å². The van der Waals surface area contributed by atoms with Crippen LogP contribution in [0.1, 0.15) is 60.6 Å². The van der Waals surface area contributed by atoms with Crippen LogP contribution in [0.25, 0.3) is 0 Å². The second-order valence-corrected chi connectivity index (χ2v) is 9.15. The van der Waals surface area contributed by atoms with E-state index in [1.165, 1.54) is 12.8 Å². The summed E-state index contributed by atoms with van der Waals surface area (Å²) < 4.78 is 0.838. The Kier molecular flexibility index (Phi) is 6.61. The molecule has 3 rings (SSSR count). The predicted molar refractivity (Wildman–Crippen MR) is 120 cm³/mol. The normalized spacial score (nSPS) is 24.0. The highest BCUT2D eigenvalue weighted by Crippen LogP contribution is 2.40. The third-order valence-electron chi connectivity index (χ3n) is 6.52. The minimum Gasteiger partial charge on any atom is -0.343 e. The molecule has 2 aromatic rings. The number of piperidine rings is 1. The highest BCUT2D eigenvalue weighted by Gasteiger charge is 2.43. The van der Waals surface area contributed by atoms with Crippen molar-refractivity contribution in [1.82, 2.24) is 10.2 Å². The quantitative estimate of drug-likeness (QED) is 0.639. The standard InChI is InChI=1S/C24H31BrN2O/c1-5-18-14-15-24(3,27(4)16-18)22(19-11-7-6-8-12-19)26-23(28)21-17(2)10-9-13-20(21)25/h6-13,18,22H,5,14-16H2,1-4H3,(H,26,28). The van der Waals surface area contributed by atoms with Crippen LogP contribution in [0.3, 0.4) is 0 Å². The van der Waals surface area contributed by atoms with Crippen molar-refractivity contribution in [2.75, 3.05) is 13.6 Å². The molecule has 4 heteroatoms. The van der Waals surface area contributed by atoms with Crippen LogP contribution in [0.4, 0.5) is 0 Å². The number of halogens is 1. The van der Waals surface area contributed by atoms with E-state index in [1.54, 1.807) is 0 Å². The maximum atomic E-state index is 13.3. The molecule has 1 amide bonds. The number of benzene rings is 2. The molecule has 3 nitrogen and oxygen atoms in total. The van der Waals surface area contributed by atoms with Crippen molar-refractivity contribution in [3.8, 4) is 0 Å². The van der Waals surface area contributed by atoms with E-state index in [1.807, 2.05) is 31.2 Å². The molecule has 1 aliphatic rings. The van der Waals surface area contributed by atoms with E-state index in [4.69, 9.17) is 0 Å². The fourth-order valence-corrected chi connectivity index (χ4v) is 5.08. The van der Waals surface area contributed by atoms with Gasteiger partial charge in [0.15, 0.2) is 0 Å². The van der Waals surface area contributed by atoms with Gasteiger partial charge in [-0.15, -0.1) is 0 Å². The van der Waals surface area contributed by atoms with Gasteiger partial charge in [0.25, 0.3) is 5.91 Å². The molecule has 2 aromatic carbocycles. The summed E-state index contributed by atoms with van der Waals surface area (Å²) in [7, 11) is 2.20. The second kappa shape index (κ2) is 8.79. The van der Waals surface area contributed by atoms with Gasteiger partial charge in [0.2, 0.25) is 0 Å². The molecule has 0 aliphatic carbocycles. The minimum atomic E-state index is -0.127. The van der Waals surface area contributed by atoms with E-state index in [0.29, 0.717) is 0 Å². The van der Waals surface area contributed by atoms with Gasteiger partial charge in [0.05, 0.1) is 11.6 Å². The summed E-state index contributed by atoms with van der Waals surface area (Å²) >= 11 is 3.56. The van der Waals surface area contributed by atoms with Crippen molar-refractivity contribution in [2.24, 2.45) is 5.92 Å². The van der Waals surface area contributed by atoms with E-state index < -0.39 is 0 Å². The van der Waals surface area contributed by atoms with Crippen LogP contribution in [0, 0.1) is 12.8 Å². The number of nitrogens with one attached hydrogen (secondary N) is 1. The first-order valence-electron chi connectivity index (χ1n) is 10.2. The van der Waals surface area contributed by atoms with E-state index in [0.717, 1.165) is 40.0 Å². The van der Waals surface area contributed by atoms with Gasteiger partial charge in [0, 0.05) is 16.6 Å². The molecule has 3 unspecified atom stereocenters. The van der Waals surface area contributed by atoms with Gasteiger partial charge < -0.3 is 5.32 Å². The van der Waals surface area contributed by atoms with Crippen molar-refractivity contribution < 1.29 is 4.79 Å². The Balaban J connectivity index is 1.96. The minimum absolute atomic E-state index is 0.0222. The molecule has 0 spiro atoms. The van der Waals surface area contributed by atoms with Crippen LogP contribution < -0.4 is 5.32 Å². The zero-order valence-corrected chi connectivity index (χ0v) is 18.9. The predicted octanol–water partition coefficient (Wildman–Crippen LogP) is 5.74. The van der Waals surface area contributed by atoms with Crippen LogP contribution >= 0.6 is 15.9 Å². The topological polar surface area (TPSA) is 32.3 Å². The fraction of sp³-hybridized carbons (Fsp3) is 0.458. The first-order valence-corrected chi connectivity index (χ1v) is 11.0. The van der Waals surface area contributed by atoms with Crippen molar-refractivity contribution in [3.05, 3.63) is 69.7 Å². The van der Waals surface area contributed by atoms with Crippen molar-refractivity contribution >= 4 is 21.8 Å². The van der Waals surface area contributed by atoms with Crippen molar-refractivity contribution in [3.63, 3.8) is 0 Å². The monoisotopic (exact) mass is 442 g/mol. The van der Waals surface area contributed by atoms with Crippen molar-refractivity contribution in [1.29, 1.82) is 0 Å². The van der Waals surface area contributed by atoms with Gasteiger partial charge in [-0.2, -0.15) is 0 Å². The van der Waals surface area contributed by atoms with E-state index in [-0.39, 0.29) is 17.5 Å². The molecule has 0 aromatic heterocycles. The molecule has 1 fully saturated rings. The number of carbonyl (C=O) groups excluding carboxylic acids is 1. The molecule has 0 saturated carbocycles. The van der Waals surface area contributed by atoms with Crippen LogP contribution in [0.2, 0.25) is 0 Å². The smallest absolute Gasteiger partial charge is 0.253 e. The number of likely N-dealkylation sites (tertiary alicyclic amines) is 1. The molecule has 1 heterocycles. The van der Waals surface area contributed by atoms with Gasteiger partial charge in [-0.1, -0.05) is 55.8 Å². The average molecular weight is 443 g/mol. The summed E-state index contributed by atoms with van der Waals surface area (Å²) in [5.41, 5.74) is 2.73. The molecule has 150 valence electrons. The number of likely N-dealkylation sites (N-methyl/N-ethyl adjacent to an activating group) is 1. The Hall–Kier alpha value is -1.65. The summed E-state index contributed by atoms with van der Waals surface area (Å²) in [6.07, 6.45) is 3.47. The first-order chi connectivity index (χ1) is 13.4. The van der Waals surface area contributed by atoms with Gasteiger partial charge >= 0.3 is 0 Å². The lowest BCUT2D eigenvalue weighted by molar-refractivity contribution is 0.0229. The lowest BCUT2D eigenvalue weighted by Crippen LogP contribution is -2.57. The molecular weight excluding hydrogens is 412 g/mol. The molecule has 0 bridgehead atoms. The number of rotatable bonds is 5. The number of aryl methyl sites for hydroxylation is 1. The zero-order chi connectivity index (χ0) is 20.3. The van der Waals surface area contributed by atoms with E-state index >= 15 is 0 Å². The SMILES string of the molecule is CCC1CCC(C)(C(NC(=O)c2c(C)cccc2Br)c2ccccc2)N(C)C1. The Labute approximate surface area is 177 Å². The molecule has 1 saturated heterocycles. The molecule has 3 atom stereocenters. The van der Waals surface area contributed by atoms with Crippen LogP contribution in [0.15, 0.2) is 53.0 Å². The summed E-state index contributed by atoms with van der Waals surface area (Å²) in [6.45, 7) is 7.62. The number of nitrogens with zero attached hydrogens (tertiary/aromatic N) is 1. The lowest BCUT2D eigenvalue weighted by atomic mass is 9.75. The molecular formula is C24H31BrN2O. The maximum Gasteiger partial charge on any atom is 0.253 e. The van der Waals surface area contributed by atoms with Gasteiger partial charge in [-0.25, -0.2) is 0 Å². The molecule has 0 radical (unpaired) electrons. The zero-order valence-electron chi connectivity index (χ0n) is 17.3. The highest BCUT2D eigenvalue weighted by atomic mass is 79.9. The molecule has 28 heavy (non-hydrogen) atoms. The average Bonchev–Trinajstić information content (AvgIpc) is 2.69. The molecule has 1 N–H and O–H groups in total. The third-order valence-corrected chi connectivity index (χ3v) is 7.18. The lowest BCUT2D eigenvalue weighted by Gasteiger charge is -2.50. The van der Waals surface area contributed by atoms with Crippen molar-refractivity contribution in [2.45, 2.75) is 51.6 Å². The summed E-state index contributed by atoms with van der Waals surface area (Å²) in [5.74, 6) is 0.710. The number of hydrogen-bond donors (Lipinski definition) is 1. The number of hydrogen-bond acceptors (Lipinski definition) is 2. The highest BCUT2D eigenvalue weighted by molar-refractivity contribution is 9.10. The largest absolute Gasteiger partial charge is 0.343 e. The number of carbonyl (C=O) groups is 1. The third kappa shape index (κ3) is 4.18. The summed E-state index contributed by atoms with van der Waals surface area (Å²) in [6, 6.07) is 16.2. The van der Waals surface area contributed by atoms with E-state index in [9.17, 15) is 4.79 Å². The Bertz CT molecular complexity index is 802. The van der Waals surface area contributed by atoms with Crippen LogP contribution in [-0.4, -0.2) is 29.9 Å². The molecule has 1 aliphatic heterocycles. The summed E-state index contributed by atoms with van der Waals surface area (Å²) in [4.78, 5) is 15.8. The van der Waals surface area contributed by atoms with Crippen LogP contribution in [-0.2, 0) is 0 Å². The van der Waals surface area contributed by atoms with E-state index in [2.05, 4.69) is 71.3 Å². The fourth-order valence-electron chi connectivity index (χ4n) is 4.44. The van der Waals surface area contributed by atoms with Crippen LogP contribution in [0.5, 0.6) is 0 Å². The Morgan fingerprint density at radius 2 is 1.96 bits per heavy atom. The van der Waals surface area contributed by atoms with Gasteiger partial charge in [-0.05, 0) is 72.8 Å².